The molecule has 1 fully saturated rings. The van der Waals surface area contributed by atoms with Crippen LogP contribution in [0.2, 0.25) is 0 Å². The van der Waals surface area contributed by atoms with Crippen LogP contribution in [-0.4, -0.2) is 60.9 Å². The van der Waals surface area contributed by atoms with Gasteiger partial charge in [0.1, 0.15) is 0 Å². The maximum atomic E-state index is 12.1. The number of amides is 1. The monoisotopic (exact) mass is 382 g/mol. The van der Waals surface area contributed by atoms with Crippen molar-refractivity contribution in [3.63, 3.8) is 0 Å². The second kappa shape index (κ2) is 10.3. The number of rotatable bonds is 7. The molecule has 2 aromatic carbocycles. The Morgan fingerprint density at radius 2 is 1.70 bits per heavy atom. The number of hydrogen-bond acceptors (Lipinski definition) is 5. The summed E-state index contributed by atoms with van der Waals surface area (Å²) in [6.45, 7) is 5.13. The smallest absolute Gasteiger partial charge is 0.254 e. The van der Waals surface area contributed by atoms with Crippen molar-refractivity contribution in [3.05, 3.63) is 65.7 Å². The lowest BCUT2D eigenvalue weighted by Crippen LogP contribution is -2.48. The Morgan fingerprint density at radius 3 is 2.37 bits per heavy atom. The average Bonchev–Trinajstić information content (AvgIpc) is 2.71. The fraction of sp³-hybridized carbons (Fsp3) is 0.333. The Labute approximate surface area is 165 Å². The van der Waals surface area contributed by atoms with E-state index in [0.717, 1.165) is 38.3 Å². The zero-order valence-electron chi connectivity index (χ0n) is 15.7. The van der Waals surface area contributed by atoms with E-state index in [0.29, 0.717) is 6.54 Å². The minimum Gasteiger partial charge on any atom is -0.297 e. The molecule has 3 rings (SSSR count). The largest absolute Gasteiger partial charge is 0.297 e. The first-order chi connectivity index (χ1) is 13.2. The maximum Gasteiger partial charge on any atom is 0.254 e. The quantitative estimate of drug-likeness (QED) is 0.454. The van der Waals surface area contributed by atoms with Gasteiger partial charge in [0.2, 0.25) is 0 Å². The molecule has 0 saturated carbocycles. The van der Waals surface area contributed by atoms with E-state index < -0.39 is 0 Å². The minimum atomic E-state index is -0.0662. The van der Waals surface area contributed by atoms with E-state index in [1.165, 1.54) is 10.5 Å². The number of benzene rings is 2. The molecular formula is C21H26N4OS. The van der Waals surface area contributed by atoms with Crippen molar-refractivity contribution in [3.8, 4) is 0 Å². The van der Waals surface area contributed by atoms with E-state index >= 15 is 0 Å². The Kier molecular flexibility index (Phi) is 7.45. The molecule has 1 saturated heterocycles. The highest BCUT2D eigenvalue weighted by molar-refractivity contribution is 7.98. The number of nitrogens with one attached hydrogen (secondary N) is 1. The molecule has 0 atom stereocenters. The summed E-state index contributed by atoms with van der Waals surface area (Å²) in [5.74, 6) is -0.0662. The lowest BCUT2D eigenvalue weighted by atomic mass is 10.2. The van der Waals surface area contributed by atoms with Gasteiger partial charge in [0, 0.05) is 37.6 Å². The van der Waals surface area contributed by atoms with E-state index in [1.807, 2.05) is 36.6 Å². The third-order valence-corrected chi connectivity index (χ3v) is 5.34. The molecule has 5 nitrogen and oxygen atoms in total. The van der Waals surface area contributed by atoms with Gasteiger partial charge in [-0.05, 0) is 29.5 Å². The summed E-state index contributed by atoms with van der Waals surface area (Å²) >= 11 is 1.70. The summed E-state index contributed by atoms with van der Waals surface area (Å²) in [6, 6.07) is 18.6. The number of carbonyl (C=O) groups excluding carboxylic acids is 1. The normalized spacial score (nSPS) is 15.9. The SMILES string of the molecule is CSc1ccc(/C=N/NC(=O)CN2CCN(Cc3ccccc3)CC2)cc1. The highest BCUT2D eigenvalue weighted by Crippen LogP contribution is 2.13. The van der Waals surface area contributed by atoms with Crippen molar-refractivity contribution >= 4 is 23.9 Å². The summed E-state index contributed by atoms with van der Waals surface area (Å²) in [6.07, 6.45) is 3.73. The lowest BCUT2D eigenvalue weighted by molar-refractivity contribution is -0.122. The molecule has 0 bridgehead atoms. The highest BCUT2D eigenvalue weighted by atomic mass is 32.2. The van der Waals surface area contributed by atoms with Crippen molar-refractivity contribution in [1.82, 2.24) is 15.2 Å². The fourth-order valence-corrected chi connectivity index (χ4v) is 3.46. The van der Waals surface area contributed by atoms with Crippen LogP contribution in [0, 0.1) is 0 Å². The van der Waals surface area contributed by atoms with E-state index in [2.05, 4.69) is 44.6 Å². The van der Waals surface area contributed by atoms with Gasteiger partial charge in [0.05, 0.1) is 12.8 Å². The molecule has 0 aromatic heterocycles. The fourth-order valence-electron chi connectivity index (χ4n) is 3.05. The third-order valence-electron chi connectivity index (χ3n) is 4.60. The summed E-state index contributed by atoms with van der Waals surface area (Å²) < 4.78 is 0. The maximum absolute atomic E-state index is 12.1. The first kappa shape index (κ1) is 19.6. The van der Waals surface area contributed by atoms with Gasteiger partial charge in [-0.2, -0.15) is 5.10 Å². The van der Waals surface area contributed by atoms with Gasteiger partial charge in [0.25, 0.3) is 5.91 Å². The Bertz CT molecular complexity index is 741. The second-order valence-electron chi connectivity index (χ2n) is 6.60. The van der Waals surface area contributed by atoms with E-state index in [1.54, 1.807) is 18.0 Å². The van der Waals surface area contributed by atoms with Crippen molar-refractivity contribution < 1.29 is 4.79 Å². The number of hydrogen-bond donors (Lipinski definition) is 1. The van der Waals surface area contributed by atoms with Crippen LogP contribution in [0.1, 0.15) is 11.1 Å². The second-order valence-corrected chi connectivity index (χ2v) is 7.48. The molecule has 1 amide bonds. The summed E-state index contributed by atoms with van der Waals surface area (Å²) in [7, 11) is 0. The molecule has 1 aliphatic rings. The Hall–Kier alpha value is -2.15. The molecule has 2 aromatic rings. The zero-order valence-corrected chi connectivity index (χ0v) is 16.5. The number of nitrogens with zero attached hydrogens (tertiary/aromatic N) is 3. The van der Waals surface area contributed by atoms with Crippen LogP contribution in [0.25, 0.3) is 0 Å². The third kappa shape index (κ3) is 6.50. The molecule has 1 aliphatic heterocycles. The molecule has 142 valence electrons. The van der Waals surface area contributed by atoms with Crippen LogP contribution in [-0.2, 0) is 11.3 Å². The van der Waals surface area contributed by atoms with Crippen LogP contribution in [0.15, 0.2) is 64.6 Å². The number of piperazine rings is 1. The van der Waals surface area contributed by atoms with Crippen molar-refractivity contribution in [2.45, 2.75) is 11.4 Å². The van der Waals surface area contributed by atoms with Gasteiger partial charge in [-0.3, -0.25) is 14.6 Å². The van der Waals surface area contributed by atoms with Gasteiger partial charge < -0.3 is 0 Å². The molecule has 1 N–H and O–H groups in total. The van der Waals surface area contributed by atoms with Crippen molar-refractivity contribution in [2.75, 3.05) is 39.0 Å². The summed E-state index contributed by atoms with van der Waals surface area (Å²) in [4.78, 5) is 17.9. The lowest BCUT2D eigenvalue weighted by Gasteiger charge is -2.34. The van der Waals surface area contributed by atoms with Crippen molar-refractivity contribution in [1.29, 1.82) is 0 Å². The van der Waals surface area contributed by atoms with Gasteiger partial charge in [-0.1, -0.05) is 42.5 Å². The van der Waals surface area contributed by atoms with Gasteiger partial charge in [0.15, 0.2) is 0 Å². The molecule has 0 spiro atoms. The van der Waals surface area contributed by atoms with Crippen LogP contribution >= 0.6 is 11.8 Å². The first-order valence-corrected chi connectivity index (χ1v) is 10.4. The van der Waals surface area contributed by atoms with Crippen LogP contribution in [0.4, 0.5) is 0 Å². The van der Waals surface area contributed by atoms with E-state index in [9.17, 15) is 4.79 Å². The molecule has 6 heteroatoms. The van der Waals surface area contributed by atoms with E-state index in [-0.39, 0.29) is 5.91 Å². The molecule has 1 heterocycles. The topological polar surface area (TPSA) is 47.9 Å². The molecule has 0 unspecified atom stereocenters. The van der Waals surface area contributed by atoms with Crippen LogP contribution < -0.4 is 5.43 Å². The zero-order chi connectivity index (χ0) is 18.9. The number of hydrazone groups is 1. The van der Waals surface area contributed by atoms with Gasteiger partial charge in [-0.15, -0.1) is 11.8 Å². The van der Waals surface area contributed by atoms with Gasteiger partial charge in [-0.25, -0.2) is 5.43 Å². The predicted molar refractivity (Wildman–Crippen MR) is 112 cm³/mol. The Balaban J connectivity index is 1.37. The molecular weight excluding hydrogens is 356 g/mol. The van der Waals surface area contributed by atoms with Gasteiger partial charge >= 0.3 is 0 Å². The van der Waals surface area contributed by atoms with Crippen molar-refractivity contribution in [2.24, 2.45) is 5.10 Å². The highest BCUT2D eigenvalue weighted by Gasteiger charge is 2.18. The van der Waals surface area contributed by atoms with Crippen LogP contribution in [0.5, 0.6) is 0 Å². The van der Waals surface area contributed by atoms with Crippen LogP contribution in [0.3, 0.4) is 0 Å². The molecule has 0 aliphatic carbocycles. The predicted octanol–water partition coefficient (Wildman–Crippen LogP) is 2.68. The molecule has 27 heavy (non-hydrogen) atoms. The summed E-state index contributed by atoms with van der Waals surface area (Å²) in [5, 5.41) is 4.06. The molecule has 0 radical (unpaired) electrons. The first-order valence-electron chi connectivity index (χ1n) is 9.17. The minimum absolute atomic E-state index is 0.0662. The average molecular weight is 383 g/mol. The number of carbonyl (C=O) groups is 1. The summed E-state index contributed by atoms with van der Waals surface area (Å²) in [5.41, 5.74) is 4.94. The number of thioether (sulfide) groups is 1. The van der Waals surface area contributed by atoms with E-state index in [4.69, 9.17) is 0 Å². The Morgan fingerprint density at radius 1 is 1.04 bits per heavy atom. The standard InChI is InChI=1S/C21H26N4OS/c1-27-20-9-7-18(8-10-20)15-22-23-21(26)17-25-13-11-24(12-14-25)16-19-5-3-2-4-6-19/h2-10,15H,11-14,16-17H2,1H3,(H,23,26)/b22-15+.